The number of ether oxygens (including phenoxy) is 1. The van der Waals surface area contributed by atoms with Crippen LogP contribution in [-0.2, 0) is 4.79 Å². The minimum atomic E-state index is -0.677. The first-order chi connectivity index (χ1) is 10.5. The highest BCUT2D eigenvalue weighted by molar-refractivity contribution is 6.32. The summed E-state index contributed by atoms with van der Waals surface area (Å²) in [6, 6.07) is 9.77. The number of nitrogens with zero attached hydrogens (tertiary/aromatic N) is 1. The molecule has 2 rings (SSSR count). The molecule has 0 unspecified atom stereocenters. The number of phenolic OH excluding ortho intramolecular Hbond substituents is 1. The molecular formula is C15H10ClNO5. The van der Waals surface area contributed by atoms with Crippen molar-refractivity contribution in [1.82, 2.24) is 0 Å². The van der Waals surface area contributed by atoms with Crippen LogP contribution in [0.2, 0.25) is 5.02 Å². The molecule has 112 valence electrons. The van der Waals surface area contributed by atoms with E-state index in [-0.39, 0.29) is 22.2 Å². The van der Waals surface area contributed by atoms with Gasteiger partial charge in [-0.3, -0.25) is 10.1 Å². The molecule has 7 heteroatoms. The molecule has 22 heavy (non-hydrogen) atoms. The van der Waals surface area contributed by atoms with Crippen LogP contribution in [0.1, 0.15) is 5.56 Å². The number of non-ortho nitro benzene ring substituents is 1. The Morgan fingerprint density at radius 1 is 1.23 bits per heavy atom. The monoisotopic (exact) mass is 319 g/mol. The fourth-order valence-corrected chi connectivity index (χ4v) is 1.79. The zero-order valence-corrected chi connectivity index (χ0v) is 11.9. The number of halogens is 1. The predicted octanol–water partition coefficient (Wildman–Crippen LogP) is 3.57. The van der Waals surface area contributed by atoms with Crippen molar-refractivity contribution in [2.75, 3.05) is 0 Å². The molecule has 0 aliphatic rings. The number of nitro groups is 1. The maximum absolute atomic E-state index is 11.7. The van der Waals surface area contributed by atoms with E-state index < -0.39 is 10.9 Å². The van der Waals surface area contributed by atoms with E-state index in [1.807, 2.05) is 0 Å². The van der Waals surface area contributed by atoms with Gasteiger partial charge in [-0.1, -0.05) is 23.7 Å². The van der Waals surface area contributed by atoms with Gasteiger partial charge in [0.05, 0.1) is 9.95 Å². The Labute approximate surface area is 130 Å². The summed E-state index contributed by atoms with van der Waals surface area (Å²) >= 11 is 5.82. The van der Waals surface area contributed by atoms with E-state index in [0.717, 1.165) is 6.07 Å². The molecule has 1 N–H and O–H groups in total. The lowest BCUT2D eigenvalue weighted by Crippen LogP contribution is -2.04. The molecular weight excluding hydrogens is 310 g/mol. The van der Waals surface area contributed by atoms with Crippen LogP contribution >= 0.6 is 11.6 Å². The van der Waals surface area contributed by atoms with Crippen molar-refractivity contribution in [1.29, 1.82) is 0 Å². The first-order valence-electron chi connectivity index (χ1n) is 6.08. The highest BCUT2D eigenvalue weighted by Crippen LogP contribution is 2.28. The van der Waals surface area contributed by atoms with Gasteiger partial charge in [-0.2, -0.15) is 0 Å². The zero-order chi connectivity index (χ0) is 16.1. The van der Waals surface area contributed by atoms with Gasteiger partial charge in [-0.25, -0.2) is 4.79 Å². The Balaban J connectivity index is 2.05. The van der Waals surface area contributed by atoms with E-state index in [1.165, 1.54) is 36.4 Å². The Bertz CT molecular complexity index is 740. The standard InChI is InChI=1S/C15H10ClNO5/c16-13-9-11(17(20)21)4-7-14(13)22-15(19)8-3-10-1-5-12(18)6-2-10/h1-9,18H/b8-3+. The number of benzene rings is 2. The van der Waals surface area contributed by atoms with Crippen LogP contribution in [0.25, 0.3) is 6.08 Å². The molecule has 0 fully saturated rings. The van der Waals surface area contributed by atoms with Crippen LogP contribution in [-0.4, -0.2) is 16.0 Å². The van der Waals surface area contributed by atoms with E-state index >= 15 is 0 Å². The summed E-state index contributed by atoms with van der Waals surface area (Å²) in [6.45, 7) is 0. The quantitative estimate of drug-likeness (QED) is 0.306. The van der Waals surface area contributed by atoms with Crippen molar-refractivity contribution in [3.05, 3.63) is 69.2 Å². The third kappa shape index (κ3) is 4.07. The van der Waals surface area contributed by atoms with Crippen molar-refractivity contribution in [2.45, 2.75) is 0 Å². The Kier molecular flexibility index (Phi) is 4.75. The average Bonchev–Trinajstić information content (AvgIpc) is 2.48. The lowest BCUT2D eigenvalue weighted by atomic mass is 10.2. The van der Waals surface area contributed by atoms with E-state index in [9.17, 15) is 14.9 Å². The first-order valence-corrected chi connectivity index (χ1v) is 6.46. The number of aromatic hydroxyl groups is 1. The minimum Gasteiger partial charge on any atom is -0.508 e. The van der Waals surface area contributed by atoms with Crippen molar-refractivity contribution >= 4 is 29.3 Å². The van der Waals surface area contributed by atoms with Gasteiger partial charge in [0.25, 0.3) is 5.69 Å². The molecule has 6 nitrogen and oxygen atoms in total. The second-order valence-electron chi connectivity index (χ2n) is 4.22. The normalized spacial score (nSPS) is 10.6. The van der Waals surface area contributed by atoms with E-state index in [0.29, 0.717) is 5.56 Å². The van der Waals surface area contributed by atoms with Gasteiger partial charge in [-0.15, -0.1) is 0 Å². The maximum atomic E-state index is 11.7. The van der Waals surface area contributed by atoms with Gasteiger partial charge in [0.2, 0.25) is 0 Å². The van der Waals surface area contributed by atoms with Crippen molar-refractivity contribution in [2.24, 2.45) is 0 Å². The van der Waals surface area contributed by atoms with E-state index in [4.69, 9.17) is 21.4 Å². The molecule has 0 saturated carbocycles. The van der Waals surface area contributed by atoms with Crippen molar-refractivity contribution < 1.29 is 19.6 Å². The highest BCUT2D eigenvalue weighted by Gasteiger charge is 2.12. The summed E-state index contributed by atoms with van der Waals surface area (Å²) in [5.41, 5.74) is 0.508. The molecule has 0 bridgehead atoms. The molecule has 0 spiro atoms. The van der Waals surface area contributed by atoms with Gasteiger partial charge in [0.15, 0.2) is 0 Å². The summed E-state index contributed by atoms with van der Waals surface area (Å²) in [5.74, 6) is -0.520. The van der Waals surface area contributed by atoms with Gasteiger partial charge < -0.3 is 9.84 Å². The largest absolute Gasteiger partial charge is 0.508 e. The second-order valence-corrected chi connectivity index (χ2v) is 4.62. The number of esters is 1. The molecule has 0 saturated heterocycles. The fraction of sp³-hybridized carbons (Fsp3) is 0. The third-order valence-electron chi connectivity index (χ3n) is 2.64. The number of carbonyl (C=O) groups is 1. The highest BCUT2D eigenvalue weighted by atomic mass is 35.5. The SMILES string of the molecule is O=C(/C=C/c1ccc(O)cc1)Oc1ccc([N+](=O)[O-])cc1Cl. The molecule has 2 aromatic rings. The van der Waals surface area contributed by atoms with E-state index in [1.54, 1.807) is 12.1 Å². The summed E-state index contributed by atoms with van der Waals surface area (Å²) in [4.78, 5) is 21.7. The van der Waals surface area contributed by atoms with Gasteiger partial charge in [-0.05, 0) is 29.8 Å². The maximum Gasteiger partial charge on any atom is 0.336 e. The van der Waals surface area contributed by atoms with E-state index in [2.05, 4.69) is 0 Å². The fourth-order valence-electron chi connectivity index (χ4n) is 1.58. The van der Waals surface area contributed by atoms with Crippen LogP contribution in [0.15, 0.2) is 48.5 Å². The predicted molar refractivity (Wildman–Crippen MR) is 80.9 cm³/mol. The molecule has 2 aromatic carbocycles. The number of hydrogen-bond donors (Lipinski definition) is 1. The Morgan fingerprint density at radius 2 is 1.91 bits per heavy atom. The topological polar surface area (TPSA) is 89.7 Å². The van der Waals surface area contributed by atoms with Crippen molar-refractivity contribution in [3.63, 3.8) is 0 Å². The van der Waals surface area contributed by atoms with Gasteiger partial charge in [0.1, 0.15) is 11.5 Å². The molecule has 0 aliphatic heterocycles. The van der Waals surface area contributed by atoms with Crippen LogP contribution in [0.4, 0.5) is 5.69 Å². The Morgan fingerprint density at radius 3 is 2.50 bits per heavy atom. The number of carbonyl (C=O) groups excluding carboxylic acids is 1. The lowest BCUT2D eigenvalue weighted by Gasteiger charge is -2.03. The van der Waals surface area contributed by atoms with Crippen LogP contribution in [0, 0.1) is 10.1 Å². The molecule has 0 amide bonds. The number of rotatable bonds is 4. The van der Waals surface area contributed by atoms with Gasteiger partial charge >= 0.3 is 5.97 Å². The number of phenols is 1. The van der Waals surface area contributed by atoms with Crippen LogP contribution in [0.5, 0.6) is 11.5 Å². The molecule has 0 aliphatic carbocycles. The summed E-state index contributed by atoms with van der Waals surface area (Å²) in [5, 5.41) is 19.7. The molecule has 0 atom stereocenters. The summed E-state index contributed by atoms with van der Waals surface area (Å²) in [7, 11) is 0. The summed E-state index contributed by atoms with van der Waals surface area (Å²) in [6.07, 6.45) is 2.69. The smallest absolute Gasteiger partial charge is 0.336 e. The molecule has 0 radical (unpaired) electrons. The lowest BCUT2D eigenvalue weighted by molar-refractivity contribution is -0.384. The Hall–Kier alpha value is -2.86. The first kappa shape index (κ1) is 15.5. The number of nitro benzene ring substituents is 1. The van der Waals surface area contributed by atoms with Gasteiger partial charge in [0, 0.05) is 18.2 Å². The van der Waals surface area contributed by atoms with Crippen LogP contribution < -0.4 is 4.74 Å². The minimum absolute atomic E-state index is 0.0272. The summed E-state index contributed by atoms with van der Waals surface area (Å²) < 4.78 is 5.00. The third-order valence-corrected chi connectivity index (χ3v) is 2.94. The second kappa shape index (κ2) is 6.73. The average molecular weight is 320 g/mol. The zero-order valence-electron chi connectivity index (χ0n) is 11.1. The number of hydrogen-bond acceptors (Lipinski definition) is 5. The molecule has 0 aromatic heterocycles. The van der Waals surface area contributed by atoms with Crippen LogP contribution in [0.3, 0.4) is 0 Å². The molecule has 0 heterocycles. The van der Waals surface area contributed by atoms with Crippen molar-refractivity contribution in [3.8, 4) is 11.5 Å².